The molecule has 17 heavy (non-hydrogen) atoms. The molecule has 0 saturated heterocycles. The van der Waals surface area contributed by atoms with E-state index in [1.54, 1.807) is 0 Å². The fourth-order valence-corrected chi connectivity index (χ4v) is 2.46. The lowest BCUT2D eigenvalue weighted by Gasteiger charge is -2.30. The number of ketones is 1. The molecular formula is C13H21N3O. The molecular weight excluding hydrogens is 214 g/mol. The number of likely N-dealkylation sites (N-methyl/N-ethyl adjacent to an activating group) is 1. The quantitative estimate of drug-likeness (QED) is 0.792. The molecule has 0 aliphatic heterocycles. The summed E-state index contributed by atoms with van der Waals surface area (Å²) in [5, 5.41) is 0. The van der Waals surface area contributed by atoms with E-state index in [2.05, 4.69) is 21.5 Å². The molecule has 1 aliphatic rings. The van der Waals surface area contributed by atoms with Crippen molar-refractivity contribution in [2.45, 2.75) is 38.1 Å². The monoisotopic (exact) mass is 235 g/mol. The Hall–Kier alpha value is -1.16. The molecule has 0 radical (unpaired) electrons. The van der Waals surface area contributed by atoms with Crippen LogP contribution in [0.3, 0.4) is 0 Å². The van der Waals surface area contributed by atoms with E-state index in [4.69, 9.17) is 0 Å². The molecule has 0 aromatic carbocycles. The highest BCUT2D eigenvalue weighted by Gasteiger charge is 2.21. The fraction of sp³-hybridized carbons (Fsp3) is 0.692. The Labute approximate surface area is 103 Å². The number of hydrogen-bond acceptors (Lipinski definition) is 3. The van der Waals surface area contributed by atoms with Crippen molar-refractivity contribution in [1.82, 2.24) is 14.5 Å². The zero-order valence-electron chi connectivity index (χ0n) is 10.7. The Kier molecular flexibility index (Phi) is 3.94. The van der Waals surface area contributed by atoms with Gasteiger partial charge in [-0.05, 0) is 19.9 Å². The Balaban J connectivity index is 1.79. The number of hydrogen-bond donors (Lipinski definition) is 0. The van der Waals surface area contributed by atoms with Gasteiger partial charge in [0.2, 0.25) is 0 Å². The van der Waals surface area contributed by atoms with E-state index in [1.165, 1.54) is 0 Å². The van der Waals surface area contributed by atoms with Crippen molar-refractivity contribution in [3.8, 4) is 0 Å². The van der Waals surface area contributed by atoms with Crippen molar-refractivity contribution in [2.75, 3.05) is 13.6 Å². The van der Waals surface area contributed by atoms with Crippen LogP contribution in [-0.4, -0.2) is 39.9 Å². The SMILES string of the molecule is CN(CCc1nccn1C)C1CCC(=O)CC1. The highest BCUT2D eigenvalue weighted by atomic mass is 16.1. The predicted molar refractivity (Wildman–Crippen MR) is 66.8 cm³/mol. The third-order valence-electron chi connectivity index (χ3n) is 3.75. The van der Waals surface area contributed by atoms with E-state index in [0.717, 1.165) is 44.5 Å². The van der Waals surface area contributed by atoms with Crippen LogP contribution in [-0.2, 0) is 18.3 Å². The molecule has 0 atom stereocenters. The largest absolute Gasteiger partial charge is 0.338 e. The molecule has 0 N–H and O–H groups in total. The summed E-state index contributed by atoms with van der Waals surface area (Å²) in [7, 11) is 4.19. The van der Waals surface area contributed by atoms with Gasteiger partial charge in [0.15, 0.2) is 0 Å². The van der Waals surface area contributed by atoms with Gasteiger partial charge in [0, 0.05) is 51.3 Å². The number of rotatable bonds is 4. The Morgan fingerprint density at radius 3 is 2.76 bits per heavy atom. The second kappa shape index (κ2) is 5.45. The zero-order valence-corrected chi connectivity index (χ0v) is 10.7. The Bertz CT molecular complexity index is 376. The van der Waals surface area contributed by atoms with E-state index >= 15 is 0 Å². The van der Waals surface area contributed by atoms with Gasteiger partial charge in [-0.15, -0.1) is 0 Å². The van der Waals surface area contributed by atoms with Crippen LogP contribution in [0, 0.1) is 0 Å². The molecule has 1 aliphatic carbocycles. The second-order valence-corrected chi connectivity index (χ2v) is 4.95. The summed E-state index contributed by atoms with van der Waals surface area (Å²) in [4.78, 5) is 17.9. The molecule has 0 amide bonds. The summed E-state index contributed by atoms with van der Waals surface area (Å²) in [5.74, 6) is 1.56. The van der Waals surface area contributed by atoms with Crippen LogP contribution >= 0.6 is 0 Å². The molecule has 1 heterocycles. The summed E-state index contributed by atoms with van der Waals surface area (Å²) >= 11 is 0. The molecule has 1 saturated carbocycles. The lowest BCUT2D eigenvalue weighted by molar-refractivity contribution is -0.121. The molecule has 0 bridgehead atoms. The van der Waals surface area contributed by atoms with E-state index < -0.39 is 0 Å². The van der Waals surface area contributed by atoms with Crippen LogP contribution in [0.2, 0.25) is 0 Å². The molecule has 2 rings (SSSR count). The second-order valence-electron chi connectivity index (χ2n) is 4.95. The maximum Gasteiger partial charge on any atom is 0.133 e. The average Bonchev–Trinajstić information content (AvgIpc) is 2.73. The van der Waals surface area contributed by atoms with Crippen LogP contribution < -0.4 is 0 Å². The van der Waals surface area contributed by atoms with Crippen molar-refractivity contribution in [3.63, 3.8) is 0 Å². The number of carbonyl (C=O) groups is 1. The minimum atomic E-state index is 0.429. The van der Waals surface area contributed by atoms with Gasteiger partial charge in [-0.1, -0.05) is 0 Å². The van der Waals surface area contributed by atoms with Crippen molar-refractivity contribution >= 4 is 5.78 Å². The van der Waals surface area contributed by atoms with Crippen LogP contribution in [0.4, 0.5) is 0 Å². The maximum atomic E-state index is 11.2. The molecule has 0 spiro atoms. The van der Waals surface area contributed by atoms with Gasteiger partial charge in [0.25, 0.3) is 0 Å². The lowest BCUT2D eigenvalue weighted by Crippen LogP contribution is -2.36. The van der Waals surface area contributed by atoms with E-state index in [9.17, 15) is 4.79 Å². The van der Waals surface area contributed by atoms with Crippen molar-refractivity contribution in [1.29, 1.82) is 0 Å². The van der Waals surface area contributed by atoms with E-state index in [-0.39, 0.29) is 0 Å². The molecule has 4 heteroatoms. The number of aromatic nitrogens is 2. The average molecular weight is 235 g/mol. The van der Waals surface area contributed by atoms with E-state index in [1.807, 2.05) is 19.4 Å². The van der Waals surface area contributed by atoms with Gasteiger partial charge < -0.3 is 9.47 Å². The van der Waals surface area contributed by atoms with E-state index in [0.29, 0.717) is 11.8 Å². The molecule has 1 aromatic rings. The van der Waals surface area contributed by atoms with Crippen LogP contribution in [0.15, 0.2) is 12.4 Å². The predicted octanol–water partition coefficient (Wildman–Crippen LogP) is 1.41. The van der Waals surface area contributed by atoms with Gasteiger partial charge in [-0.3, -0.25) is 4.79 Å². The number of imidazole rings is 1. The molecule has 1 aromatic heterocycles. The first-order valence-electron chi connectivity index (χ1n) is 6.35. The zero-order chi connectivity index (χ0) is 12.3. The van der Waals surface area contributed by atoms with Gasteiger partial charge in [0.1, 0.15) is 11.6 Å². The first-order valence-corrected chi connectivity index (χ1v) is 6.35. The molecule has 4 nitrogen and oxygen atoms in total. The number of carbonyl (C=O) groups excluding carboxylic acids is 1. The summed E-state index contributed by atoms with van der Waals surface area (Å²) in [6, 6.07) is 0.577. The standard InChI is InChI=1S/C13H21N3O/c1-15(11-3-5-12(17)6-4-11)9-7-13-14-8-10-16(13)2/h8,10-11H,3-7,9H2,1-2H3. The molecule has 94 valence electrons. The van der Waals surface area contributed by atoms with Crippen molar-refractivity contribution < 1.29 is 4.79 Å². The normalized spacial score (nSPS) is 17.9. The third-order valence-corrected chi connectivity index (χ3v) is 3.75. The minimum Gasteiger partial charge on any atom is -0.338 e. The fourth-order valence-electron chi connectivity index (χ4n) is 2.46. The summed E-state index contributed by atoms with van der Waals surface area (Å²) in [6.07, 6.45) is 8.37. The highest BCUT2D eigenvalue weighted by molar-refractivity contribution is 5.79. The van der Waals surface area contributed by atoms with Crippen LogP contribution in [0.1, 0.15) is 31.5 Å². The lowest BCUT2D eigenvalue weighted by atomic mass is 9.93. The first-order chi connectivity index (χ1) is 8.16. The van der Waals surface area contributed by atoms with Crippen LogP contribution in [0.5, 0.6) is 0 Å². The van der Waals surface area contributed by atoms with Crippen LogP contribution in [0.25, 0.3) is 0 Å². The Morgan fingerprint density at radius 2 is 2.18 bits per heavy atom. The minimum absolute atomic E-state index is 0.429. The number of Topliss-reactive ketones (excluding diaryl/α,β-unsaturated/α-hetero) is 1. The van der Waals surface area contributed by atoms with Gasteiger partial charge in [-0.25, -0.2) is 4.98 Å². The summed E-state index contributed by atoms with van der Waals surface area (Å²) in [5.41, 5.74) is 0. The number of nitrogens with zero attached hydrogens (tertiary/aromatic N) is 3. The van der Waals surface area contributed by atoms with Gasteiger partial charge in [-0.2, -0.15) is 0 Å². The summed E-state index contributed by atoms with van der Waals surface area (Å²) < 4.78 is 2.07. The summed E-state index contributed by atoms with van der Waals surface area (Å²) in [6.45, 7) is 1.02. The molecule has 1 fully saturated rings. The third kappa shape index (κ3) is 3.16. The highest BCUT2D eigenvalue weighted by Crippen LogP contribution is 2.19. The van der Waals surface area contributed by atoms with Gasteiger partial charge >= 0.3 is 0 Å². The van der Waals surface area contributed by atoms with Gasteiger partial charge in [0.05, 0.1) is 0 Å². The van der Waals surface area contributed by atoms with Crippen molar-refractivity contribution in [3.05, 3.63) is 18.2 Å². The topological polar surface area (TPSA) is 38.1 Å². The maximum absolute atomic E-state index is 11.2. The van der Waals surface area contributed by atoms with Crippen molar-refractivity contribution in [2.24, 2.45) is 7.05 Å². The molecule has 0 unspecified atom stereocenters. The Morgan fingerprint density at radius 1 is 1.47 bits per heavy atom. The number of aryl methyl sites for hydroxylation is 1. The smallest absolute Gasteiger partial charge is 0.133 e. The first kappa shape index (κ1) is 12.3.